The number of nitrogens with one attached hydrogen (secondary N) is 1. The molecule has 0 aliphatic heterocycles. The van der Waals surface area contributed by atoms with Gasteiger partial charge in [0.2, 0.25) is 5.91 Å². The Hall–Kier alpha value is -6.83. The molecule has 0 saturated carbocycles. The van der Waals surface area contributed by atoms with Crippen molar-refractivity contribution in [2.45, 2.75) is 44.2 Å². The molecule has 0 spiro atoms. The number of hydrogen-bond acceptors (Lipinski definition) is 13. The summed E-state index contributed by atoms with van der Waals surface area (Å²) in [7, 11) is 1.52. The maximum absolute atomic E-state index is 13.5. The third-order valence-corrected chi connectivity index (χ3v) is 11.7. The largest absolute Gasteiger partial charge is 0.489 e. The summed E-state index contributed by atoms with van der Waals surface area (Å²) >= 11 is 12.2. The average Bonchev–Trinajstić information content (AvgIpc) is 3.74. The van der Waals surface area contributed by atoms with Crippen LogP contribution >= 0.6 is 23.2 Å². The summed E-state index contributed by atoms with van der Waals surface area (Å²) in [4.78, 5) is 66.9. The fraction of sp³-hybridized carbons (Fsp3) is 0.312. The highest BCUT2D eigenvalue weighted by Gasteiger charge is 2.31. The molecule has 0 fully saturated rings. The molecule has 3 aromatic carbocycles. The fourth-order valence-corrected chi connectivity index (χ4v) is 8.34. The Labute approximate surface area is 400 Å². The van der Waals surface area contributed by atoms with Gasteiger partial charge in [0.15, 0.2) is 5.75 Å². The minimum absolute atomic E-state index is 0.00603. The van der Waals surface area contributed by atoms with Crippen LogP contribution in [0.4, 0.5) is 0 Å². The summed E-state index contributed by atoms with van der Waals surface area (Å²) in [6.45, 7) is 2.36. The number of primary amides is 1. The van der Waals surface area contributed by atoms with Crippen molar-refractivity contribution in [2.75, 3.05) is 46.2 Å². The molecule has 2 amide bonds. The summed E-state index contributed by atoms with van der Waals surface area (Å²) in [5.41, 5.74) is 11.3. The van der Waals surface area contributed by atoms with Crippen LogP contribution in [0.5, 0.6) is 5.75 Å². The number of nitrogens with two attached hydrogens (primary N) is 1. The van der Waals surface area contributed by atoms with Crippen LogP contribution in [-0.4, -0.2) is 111 Å². The van der Waals surface area contributed by atoms with Crippen molar-refractivity contribution >= 4 is 46.8 Å². The number of benzene rings is 3. The maximum atomic E-state index is 13.5. The van der Waals surface area contributed by atoms with E-state index in [1.807, 2.05) is 53.2 Å². The molecule has 6 aromatic rings. The Morgan fingerprint density at radius 2 is 1.49 bits per heavy atom. The van der Waals surface area contributed by atoms with Crippen LogP contribution in [0, 0.1) is 0 Å². The number of halogens is 2. The number of amides is 2. The highest BCUT2D eigenvalue weighted by atomic mass is 35.5. The second kappa shape index (κ2) is 23.3. The molecular formula is C48H48Cl2N8O10. The second-order valence-corrected chi connectivity index (χ2v) is 16.5. The Morgan fingerprint density at radius 1 is 0.838 bits per heavy atom. The predicted molar refractivity (Wildman–Crippen MR) is 250 cm³/mol. The van der Waals surface area contributed by atoms with Crippen LogP contribution in [0.25, 0.3) is 33.6 Å². The predicted octanol–water partition coefficient (Wildman–Crippen LogP) is 5.10. The van der Waals surface area contributed by atoms with E-state index in [2.05, 4.69) is 25.7 Å². The van der Waals surface area contributed by atoms with Gasteiger partial charge in [0.25, 0.3) is 11.5 Å². The van der Waals surface area contributed by atoms with Crippen molar-refractivity contribution in [1.82, 2.24) is 35.1 Å². The smallest absolute Gasteiger partial charge is 0.326 e. The zero-order valence-corrected chi connectivity index (χ0v) is 38.5. The van der Waals surface area contributed by atoms with E-state index < -0.39 is 35.3 Å². The molecule has 0 radical (unpaired) electrons. The van der Waals surface area contributed by atoms with E-state index >= 15 is 0 Å². The molecule has 1 aliphatic rings. The molecule has 1 aliphatic carbocycles. The summed E-state index contributed by atoms with van der Waals surface area (Å²) in [6.07, 6.45) is 4.36. The van der Waals surface area contributed by atoms with Gasteiger partial charge in [-0.05, 0) is 28.7 Å². The number of ether oxygens (including phenoxy) is 4. The molecule has 3 aromatic heterocycles. The molecule has 18 nitrogen and oxygen atoms in total. The first-order chi connectivity index (χ1) is 32.9. The summed E-state index contributed by atoms with van der Waals surface area (Å²) in [6, 6.07) is 20.9. The number of hydrogen-bond donors (Lipinski definition) is 3. The molecule has 0 bridgehead atoms. The molecular weight excluding hydrogens is 919 g/mol. The number of rotatable bonds is 23. The quantitative estimate of drug-likeness (QED) is 0.0708. The number of Topliss-reactive ketones (excluding diaryl/α,β-unsaturated/α-hetero) is 1. The number of carboxylic acids is 1. The molecule has 354 valence electrons. The number of nitrogens with zero attached hydrogens (tertiary/aromatic N) is 6. The second-order valence-electron chi connectivity index (χ2n) is 15.7. The molecule has 4 N–H and O–H groups in total. The zero-order chi connectivity index (χ0) is 48.2. The summed E-state index contributed by atoms with van der Waals surface area (Å²) in [5, 5.41) is 25.5. The lowest BCUT2D eigenvalue weighted by Gasteiger charge is -2.24. The number of fused-ring (bicyclic) bond motifs is 5. The van der Waals surface area contributed by atoms with Gasteiger partial charge in [-0.25, -0.2) is 14.2 Å². The lowest BCUT2D eigenvalue weighted by atomic mass is 9.79. The van der Waals surface area contributed by atoms with Crippen LogP contribution < -0.4 is 21.3 Å². The number of ketones is 1. The summed E-state index contributed by atoms with van der Waals surface area (Å²) in [5.74, 6) is -2.81. The third-order valence-electron chi connectivity index (χ3n) is 11.2. The van der Waals surface area contributed by atoms with E-state index in [1.165, 1.54) is 30.3 Å². The highest BCUT2D eigenvalue weighted by Crippen LogP contribution is 2.42. The number of aliphatic carboxylic acids is 1. The minimum Gasteiger partial charge on any atom is -0.489 e. The van der Waals surface area contributed by atoms with Crippen molar-refractivity contribution < 1.29 is 43.2 Å². The number of carbonyl (C=O) groups excluding carboxylic acids is 3. The van der Waals surface area contributed by atoms with Crippen LogP contribution in [-0.2, 0) is 55.0 Å². The van der Waals surface area contributed by atoms with E-state index in [0.717, 1.165) is 27.9 Å². The van der Waals surface area contributed by atoms with Gasteiger partial charge in [0.05, 0.1) is 79.2 Å². The molecule has 2 atom stereocenters. The van der Waals surface area contributed by atoms with E-state index in [0.29, 0.717) is 56.2 Å². The molecule has 3 heterocycles. The number of aryl methyl sites for hydroxylation is 1. The van der Waals surface area contributed by atoms with Gasteiger partial charge in [0, 0.05) is 55.7 Å². The minimum atomic E-state index is -1.31. The Morgan fingerprint density at radius 3 is 2.18 bits per heavy atom. The van der Waals surface area contributed by atoms with Crippen molar-refractivity contribution in [3.05, 3.63) is 134 Å². The number of carboxylic acid groups (broad SMARTS) is 1. The summed E-state index contributed by atoms with van der Waals surface area (Å²) < 4.78 is 26.2. The first-order valence-electron chi connectivity index (χ1n) is 21.7. The van der Waals surface area contributed by atoms with Gasteiger partial charge >= 0.3 is 5.97 Å². The van der Waals surface area contributed by atoms with E-state index in [1.54, 1.807) is 24.3 Å². The third kappa shape index (κ3) is 12.0. The molecule has 20 heteroatoms. The number of pyridine rings is 1. The standard InChI is InChI=1S/C48H48Cl2N8O10/c1-57-47(62)42(30-12-10-29(11-13-30)24-38(48(63)64)54-46(61)43-36(49)26-52-27-37(43)50)40(28-53-57)68-23-22-67-21-20-66-19-18-65-17-16-58-45-32-7-3-2-6-31(32)25-35(39(59)14-15-41(51)60)33-8-4-5-9-34(33)44(45)55-56-58/h2-13,26-28,35,38H,14-25H2,1H3,(H2,51,60)(H,54,61)(H,63,64). The van der Waals surface area contributed by atoms with E-state index in [4.69, 9.17) is 47.9 Å². The SMILES string of the molecule is Cn1ncc(OCCOCCOCCOCCn2nnc3c2-c2ccccc2CC(C(=O)CCC(N)=O)c2ccccc2-3)c(-c2ccc(CC(NC(=O)c3c(Cl)cncc3Cl)C(=O)O)cc2)c1=O. The van der Waals surface area contributed by atoms with Crippen LogP contribution in [0.1, 0.15) is 45.8 Å². The van der Waals surface area contributed by atoms with Gasteiger partial charge in [-0.3, -0.25) is 24.2 Å². The zero-order valence-electron chi connectivity index (χ0n) is 36.9. The average molecular weight is 968 g/mol. The first kappa shape index (κ1) is 49.1. The van der Waals surface area contributed by atoms with Crippen LogP contribution in [0.2, 0.25) is 10.0 Å². The van der Waals surface area contributed by atoms with Crippen molar-refractivity contribution in [1.29, 1.82) is 0 Å². The van der Waals surface area contributed by atoms with E-state index in [9.17, 15) is 29.1 Å². The van der Waals surface area contributed by atoms with E-state index in [-0.39, 0.29) is 71.8 Å². The first-order valence-corrected chi connectivity index (χ1v) is 22.4. The van der Waals surface area contributed by atoms with Gasteiger partial charge in [-0.2, -0.15) is 5.10 Å². The van der Waals surface area contributed by atoms with Gasteiger partial charge in [-0.1, -0.05) is 101 Å². The normalized spacial score (nSPS) is 13.3. The number of aromatic nitrogens is 6. The fourth-order valence-electron chi connectivity index (χ4n) is 7.80. The van der Waals surface area contributed by atoms with Crippen LogP contribution in [0.3, 0.4) is 0 Å². The molecule has 68 heavy (non-hydrogen) atoms. The van der Waals surface area contributed by atoms with Crippen molar-refractivity contribution in [3.8, 4) is 39.4 Å². The van der Waals surface area contributed by atoms with Crippen molar-refractivity contribution in [3.63, 3.8) is 0 Å². The molecule has 2 unspecified atom stereocenters. The Kier molecular flexibility index (Phi) is 16.8. The molecule has 7 rings (SSSR count). The Bertz CT molecular complexity index is 2820. The topological polar surface area (TPSA) is 242 Å². The maximum Gasteiger partial charge on any atom is 0.326 e. The van der Waals surface area contributed by atoms with Gasteiger partial charge < -0.3 is 35.1 Å². The molecule has 0 saturated heterocycles. The lowest BCUT2D eigenvalue weighted by Crippen LogP contribution is -2.42. The van der Waals surface area contributed by atoms with Gasteiger partial charge in [0.1, 0.15) is 24.1 Å². The number of carbonyl (C=O) groups is 4. The monoisotopic (exact) mass is 966 g/mol. The lowest BCUT2D eigenvalue weighted by molar-refractivity contribution is -0.139. The highest BCUT2D eigenvalue weighted by molar-refractivity contribution is 6.39. The van der Waals surface area contributed by atoms with Crippen LogP contribution in [0.15, 0.2) is 96.2 Å². The van der Waals surface area contributed by atoms with Crippen molar-refractivity contribution in [2.24, 2.45) is 12.8 Å². The van der Waals surface area contributed by atoms with Gasteiger partial charge in [-0.15, -0.1) is 5.10 Å². The Balaban J connectivity index is 0.850.